The molecule has 2 unspecified atom stereocenters. The number of aliphatic hydroxyl groups is 1. The van der Waals surface area contributed by atoms with Gasteiger partial charge in [0.25, 0.3) is 0 Å². The van der Waals surface area contributed by atoms with E-state index in [0.717, 1.165) is 11.3 Å². The van der Waals surface area contributed by atoms with Crippen molar-refractivity contribution in [2.75, 3.05) is 11.9 Å². The summed E-state index contributed by atoms with van der Waals surface area (Å²) in [6, 6.07) is 7.38. The molecular weight excluding hydrogens is 202 g/mol. The fraction of sp³-hybridized carbons (Fsp3) is 0.417. The zero-order valence-electron chi connectivity index (χ0n) is 9.57. The Labute approximate surface area is 95.7 Å². The Balaban J connectivity index is 2.71. The molecular formula is C12H17N3O. The third kappa shape index (κ3) is 3.23. The van der Waals surface area contributed by atoms with Gasteiger partial charge in [-0.05, 0) is 31.5 Å². The van der Waals surface area contributed by atoms with Crippen LogP contribution in [0.5, 0.6) is 0 Å². The van der Waals surface area contributed by atoms with Crippen LogP contribution in [0.15, 0.2) is 18.2 Å². The Morgan fingerprint density at radius 1 is 1.56 bits per heavy atom. The first-order chi connectivity index (χ1) is 7.54. The summed E-state index contributed by atoms with van der Waals surface area (Å²) in [5, 5.41) is 21.3. The van der Waals surface area contributed by atoms with E-state index in [4.69, 9.17) is 11.0 Å². The van der Waals surface area contributed by atoms with Crippen molar-refractivity contribution in [2.45, 2.75) is 26.0 Å². The summed E-state index contributed by atoms with van der Waals surface area (Å²) in [5.74, 6) is 0. The zero-order chi connectivity index (χ0) is 12.1. The fourth-order valence-corrected chi connectivity index (χ4v) is 1.30. The monoisotopic (exact) mass is 219 g/mol. The highest BCUT2D eigenvalue weighted by molar-refractivity contribution is 5.58. The number of nitrogens with zero attached hydrogens (tertiary/aromatic N) is 1. The van der Waals surface area contributed by atoms with Crippen molar-refractivity contribution in [3.8, 4) is 6.07 Å². The van der Waals surface area contributed by atoms with Gasteiger partial charge in [-0.15, -0.1) is 0 Å². The van der Waals surface area contributed by atoms with Crippen LogP contribution in [0, 0.1) is 18.3 Å². The van der Waals surface area contributed by atoms with Gasteiger partial charge in [-0.2, -0.15) is 5.26 Å². The largest absolute Gasteiger partial charge is 0.392 e. The number of anilines is 1. The van der Waals surface area contributed by atoms with Crippen molar-refractivity contribution >= 4 is 5.69 Å². The summed E-state index contributed by atoms with van der Waals surface area (Å²) >= 11 is 0. The molecule has 0 fully saturated rings. The smallest absolute Gasteiger partial charge is 0.101 e. The van der Waals surface area contributed by atoms with Crippen molar-refractivity contribution in [2.24, 2.45) is 5.73 Å². The van der Waals surface area contributed by atoms with Crippen molar-refractivity contribution < 1.29 is 5.11 Å². The molecule has 1 aromatic carbocycles. The van der Waals surface area contributed by atoms with Crippen LogP contribution in [-0.2, 0) is 0 Å². The molecule has 4 nitrogen and oxygen atoms in total. The summed E-state index contributed by atoms with van der Waals surface area (Å²) in [4.78, 5) is 0. The van der Waals surface area contributed by atoms with Crippen LogP contribution >= 0.6 is 0 Å². The number of hydrogen-bond donors (Lipinski definition) is 3. The summed E-state index contributed by atoms with van der Waals surface area (Å²) in [5.41, 5.74) is 8.08. The predicted octanol–water partition coefficient (Wildman–Crippen LogP) is 0.987. The van der Waals surface area contributed by atoms with Gasteiger partial charge in [-0.3, -0.25) is 0 Å². The number of nitrogens with one attached hydrogen (secondary N) is 1. The minimum atomic E-state index is -0.566. The predicted molar refractivity (Wildman–Crippen MR) is 64.0 cm³/mol. The molecule has 0 spiro atoms. The molecule has 0 aromatic heterocycles. The third-order valence-corrected chi connectivity index (χ3v) is 2.44. The summed E-state index contributed by atoms with van der Waals surface area (Å²) in [7, 11) is 0. The van der Waals surface area contributed by atoms with E-state index in [1.54, 1.807) is 6.92 Å². The van der Waals surface area contributed by atoms with Crippen LogP contribution in [0.1, 0.15) is 18.1 Å². The van der Waals surface area contributed by atoms with Crippen LogP contribution in [0.4, 0.5) is 5.69 Å². The molecule has 0 radical (unpaired) electrons. The Morgan fingerprint density at radius 3 is 2.81 bits per heavy atom. The lowest BCUT2D eigenvalue weighted by Gasteiger charge is -2.16. The van der Waals surface area contributed by atoms with Crippen molar-refractivity contribution in [1.82, 2.24) is 0 Å². The number of aryl methyl sites for hydroxylation is 1. The number of benzene rings is 1. The normalized spacial score (nSPS) is 13.9. The van der Waals surface area contributed by atoms with E-state index >= 15 is 0 Å². The molecule has 0 amide bonds. The molecule has 1 aromatic rings. The maximum atomic E-state index is 9.24. The molecule has 16 heavy (non-hydrogen) atoms. The Kier molecular flexibility index (Phi) is 4.29. The molecule has 0 saturated heterocycles. The summed E-state index contributed by atoms with van der Waals surface area (Å²) < 4.78 is 0. The van der Waals surface area contributed by atoms with Gasteiger partial charge in [0.2, 0.25) is 0 Å². The average molecular weight is 219 g/mol. The summed E-state index contributed by atoms with van der Waals surface area (Å²) in [6.07, 6.45) is -0.566. The van der Waals surface area contributed by atoms with Crippen LogP contribution in [0.3, 0.4) is 0 Å². The highest BCUT2D eigenvalue weighted by Crippen LogP contribution is 2.16. The second kappa shape index (κ2) is 5.50. The number of nitriles is 1. The Hall–Kier alpha value is -1.57. The lowest BCUT2D eigenvalue weighted by atomic mass is 10.1. The Morgan fingerprint density at radius 2 is 2.25 bits per heavy atom. The first-order valence-electron chi connectivity index (χ1n) is 5.23. The fourth-order valence-electron chi connectivity index (χ4n) is 1.30. The molecule has 0 aliphatic rings. The second-order valence-corrected chi connectivity index (χ2v) is 3.95. The van der Waals surface area contributed by atoms with E-state index in [1.807, 2.05) is 25.1 Å². The average Bonchev–Trinajstić information content (AvgIpc) is 2.26. The van der Waals surface area contributed by atoms with Gasteiger partial charge >= 0.3 is 0 Å². The van der Waals surface area contributed by atoms with E-state index in [-0.39, 0.29) is 6.04 Å². The van der Waals surface area contributed by atoms with Crippen LogP contribution in [0.25, 0.3) is 0 Å². The maximum absolute atomic E-state index is 9.24. The SMILES string of the molecule is Cc1ccc(NCC(N)C(C)O)c(C#N)c1. The molecule has 0 bridgehead atoms. The van der Waals surface area contributed by atoms with E-state index < -0.39 is 6.10 Å². The number of aliphatic hydroxyl groups excluding tert-OH is 1. The quantitative estimate of drug-likeness (QED) is 0.705. The first kappa shape index (κ1) is 12.5. The molecule has 0 heterocycles. The van der Waals surface area contributed by atoms with Gasteiger partial charge in [0.15, 0.2) is 0 Å². The molecule has 0 aliphatic heterocycles. The van der Waals surface area contributed by atoms with E-state index in [9.17, 15) is 5.11 Å². The van der Waals surface area contributed by atoms with Gasteiger partial charge in [-0.1, -0.05) is 6.07 Å². The van der Waals surface area contributed by atoms with Crippen LogP contribution in [0.2, 0.25) is 0 Å². The molecule has 4 N–H and O–H groups in total. The maximum Gasteiger partial charge on any atom is 0.101 e. The van der Waals surface area contributed by atoms with Gasteiger partial charge in [0.1, 0.15) is 6.07 Å². The minimum Gasteiger partial charge on any atom is -0.392 e. The molecule has 86 valence electrons. The second-order valence-electron chi connectivity index (χ2n) is 3.95. The first-order valence-corrected chi connectivity index (χ1v) is 5.23. The van der Waals surface area contributed by atoms with Gasteiger partial charge in [0, 0.05) is 12.6 Å². The lowest BCUT2D eigenvalue weighted by Crippen LogP contribution is -2.38. The standard InChI is InChI=1S/C12H17N3O/c1-8-3-4-12(10(5-8)6-13)15-7-11(14)9(2)16/h3-5,9,11,15-16H,7,14H2,1-2H3. The van der Waals surface area contributed by atoms with E-state index in [2.05, 4.69) is 11.4 Å². The summed E-state index contributed by atoms with van der Waals surface area (Å²) in [6.45, 7) is 4.02. The van der Waals surface area contributed by atoms with Crippen LogP contribution in [-0.4, -0.2) is 23.8 Å². The zero-order valence-corrected chi connectivity index (χ0v) is 9.57. The lowest BCUT2D eigenvalue weighted by molar-refractivity contribution is 0.168. The molecule has 1 rings (SSSR count). The van der Waals surface area contributed by atoms with Gasteiger partial charge in [0.05, 0.1) is 17.4 Å². The highest BCUT2D eigenvalue weighted by atomic mass is 16.3. The number of hydrogen-bond acceptors (Lipinski definition) is 4. The van der Waals surface area contributed by atoms with Crippen molar-refractivity contribution in [1.29, 1.82) is 5.26 Å². The van der Waals surface area contributed by atoms with Gasteiger partial charge < -0.3 is 16.2 Å². The molecule has 2 atom stereocenters. The van der Waals surface area contributed by atoms with E-state index in [1.165, 1.54) is 0 Å². The van der Waals surface area contributed by atoms with E-state index in [0.29, 0.717) is 12.1 Å². The van der Waals surface area contributed by atoms with Crippen molar-refractivity contribution in [3.63, 3.8) is 0 Å². The topological polar surface area (TPSA) is 82.1 Å². The number of nitrogens with two attached hydrogens (primary N) is 1. The molecule has 0 aliphatic carbocycles. The van der Waals surface area contributed by atoms with Crippen molar-refractivity contribution in [3.05, 3.63) is 29.3 Å². The number of rotatable bonds is 4. The molecule has 0 saturated carbocycles. The highest BCUT2D eigenvalue weighted by Gasteiger charge is 2.09. The van der Waals surface area contributed by atoms with Gasteiger partial charge in [-0.25, -0.2) is 0 Å². The molecule has 4 heteroatoms. The van der Waals surface area contributed by atoms with Crippen LogP contribution < -0.4 is 11.1 Å². The Bertz CT molecular complexity index is 396. The third-order valence-electron chi connectivity index (χ3n) is 2.44. The minimum absolute atomic E-state index is 0.340.